The fraction of sp³-hybridized carbons (Fsp3) is 0.273. The number of benzene rings is 2. The molecule has 1 aliphatic rings. The molecule has 0 saturated heterocycles. The quantitative estimate of drug-likeness (QED) is 0.280. The van der Waals surface area contributed by atoms with Crippen LogP contribution >= 0.6 is 0 Å². The Morgan fingerprint density at radius 2 is 1.84 bits per heavy atom. The summed E-state index contributed by atoms with van der Waals surface area (Å²) in [6, 6.07) is 13.9. The van der Waals surface area contributed by atoms with Crippen LogP contribution in [0.15, 0.2) is 48.5 Å². The lowest BCUT2D eigenvalue weighted by molar-refractivity contribution is -0.384. The summed E-state index contributed by atoms with van der Waals surface area (Å²) in [6.45, 7) is 0.670. The number of nitro groups is 1. The zero-order valence-electron chi connectivity index (χ0n) is 16.8. The molecule has 9 nitrogen and oxygen atoms in total. The lowest BCUT2D eigenvalue weighted by Gasteiger charge is -2.16. The van der Waals surface area contributed by atoms with E-state index in [-0.39, 0.29) is 5.69 Å². The summed E-state index contributed by atoms with van der Waals surface area (Å²) in [4.78, 5) is 23.2. The van der Waals surface area contributed by atoms with Crippen LogP contribution in [0, 0.1) is 10.1 Å². The number of nitrogens with zero attached hydrogens (tertiary/aromatic N) is 6. The van der Waals surface area contributed by atoms with Crippen LogP contribution in [0.25, 0.3) is 10.9 Å². The number of non-ortho nitro benzene ring substituents is 1. The molecular weight excluding hydrogens is 396 g/mol. The first-order chi connectivity index (χ1) is 15.1. The van der Waals surface area contributed by atoms with Crippen molar-refractivity contribution in [2.75, 3.05) is 0 Å². The standard InChI is InChI=1S/C22H20N6O3/c29-22(15-9-11-16(12-10-15)28(30)31)27-21(23-24-25-27)13-14-26-19-7-3-1-5-17(19)18-6-2-4-8-20(18)26/h1,3,5,7,9-12H,2,4,6,8,13-14H2. The number of para-hydroxylation sites is 1. The van der Waals surface area contributed by atoms with Crippen molar-refractivity contribution in [2.24, 2.45) is 0 Å². The maximum atomic E-state index is 12.9. The van der Waals surface area contributed by atoms with Crippen LogP contribution in [0.2, 0.25) is 0 Å². The van der Waals surface area contributed by atoms with Gasteiger partial charge in [-0.3, -0.25) is 14.9 Å². The summed E-state index contributed by atoms with van der Waals surface area (Å²) in [5.41, 5.74) is 4.23. The highest BCUT2D eigenvalue weighted by molar-refractivity contribution is 5.95. The minimum absolute atomic E-state index is 0.0715. The largest absolute Gasteiger partial charge is 0.344 e. The molecule has 9 heteroatoms. The van der Waals surface area contributed by atoms with Crippen molar-refractivity contribution in [1.82, 2.24) is 24.8 Å². The van der Waals surface area contributed by atoms with Gasteiger partial charge in [-0.2, -0.15) is 4.68 Å². The molecule has 0 amide bonds. The maximum Gasteiger partial charge on any atom is 0.281 e. The molecule has 0 saturated carbocycles. The SMILES string of the molecule is O=C(c1ccc([N+](=O)[O-])cc1)n1nnnc1CCn1c2c(c3ccccc31)CCCC2. The van der Waals surface area contributed by atoms with Gasteiger partial charge in [0, 0.05) is 47.3 Å². The average Bonchev–Trinajstić information content (AvgIpc) is 3.40. The summed E-state index contributed by atoms with van der Waals surface area (Å²) in [5.74, 6) is 0.0555. The Morgan fingerprint density at radius 3 is 2.65 bits per heavy atom. The van der Waals surface area contributed by atoms with Crippen LogP contribution in [-0.4, -0.2) is 35.6 Å². The average molecular weight is 416 g/mol. The van der Waals surface area contributed by atoms with Gasteiger partial charge < -0.3 is 4.57 Å². The Hall–Kier alpha value is -3.88. The molecule has 2 heterocycles. The van der Waals surface area contributed by atoms with E-state index in [4.69, 9.17) is 0 Å². The molecule has 0 radical (unpaired) electrons. The Labute approximate surface area is 177 Å². The van der Waals surface area contributed by atoms with Gasteiger partial charge in [0.05, 0.1) is 4.92 Å². The molecule has 0 N–H and O–H groups in total. The van der Waals surface area contributed by atoms with Gasteiger partial charge in [0.2, 0.25) is 0 Å². The molecule has 156 valence electrons. The smallest absolute Gasteiger partial charge is 0.281 e. The molecule has 4 aromatic rings. The number of carbonyl (C=O) groups excluding carboxylic acids is 1. The third-order valence-corrected chi connectivity index (χ3v) is 5.90. The number of aryl methyl sites for hydroxylation is 3. The zero-order valence-corrected chi connectivity index (χ0v) is 16.8. The van der Waals surface area contributed by atoms with Crippen molar-refractivity contribution in [3.8, 4) is 0 Å². The zero-order chi connectivity index (χ0) is 21.4. The fourth-order valence-electron chi connectivity index (χ4n) is 4.42. The second kappa shape index (κ2) is 7.75. The second-order valence-electron chi connectivity index (χ2n) is 7.67. The van der Waals surface area contributed by atoms with E-state index in [9.17, 15) is 14.9 Å². The third kappa shape index (κ3) is 3.37. The lowest BCUT2D eigenvalue weighted by Crippen LogP contribution is -2.19. The van der Waals surface area contributed by atoms with Crippen LogP contribution in [0.4, 0.5) is 5.69 Å². The molecule has 0 spiro atoms. The van der Waals surface area contributed by atoms with Crippen molar-refractivity contribution in [3.05, 3.63) is 81.3 Å². The summed E-state index contributed by atoms with van der Waals surface area (Å²) >= 11 is 0. The van der Waals surface area contributed by atoms with E-state index >= 15 is 0 Å². The Bertz CT molecular complexity index is 1290. The monoisotopic (exact) mass is 416 g/mol. The van der Waals surface area contributed by atoms with E-state index in [0.717, 1.165) is 12.8 Å². The number of carbonyl (C=O) groups is 1. The molecule has 0 fully saturated rings. The number of hydrogen-bond donors (Lipinski definition) is 0. The molecular formula is C22H20N6O3. The van der Waals surface area contributed by atoms with Gasteiger partial charge >= 0.3 is 0 Å². The summed E-state index contributed by atoms with van der Waals surface area (Å²) in [7, 11) is 0. The molecule has 1 aliphatic carbocycles. The van der Waals surface area contributed by atoms with E-state index in [2.05, 4.69) is 38.3 Å². The van der Waals surface area contributed by atoms with E-state index in [1.807, 2.05) is 6.07 Å². The van der Waals surface area contributed by atoms with Gasteiger partial charge in [-0.05, 0) is 59.9 Å². The number of aromatic nitrogens is 5. The fourth-order valence-corrected chi connectivity index (χ4v) is 4.42. The first-order valence-electron chi connectivity index (χ1n) is 10.3. The lowest BCUT2D eigenvalue weighted by atomic mass is 9.95. The summed E-state index contributed by atoms with van der Waals surface area (Å²) < 4.78 is 3.51. The van der Waals surface area contributed by atoms with E-state index < -0.39 is 10.8 Å². The predicted octanol–water partition coefficient (Wildman–Crippen LogP) is 3.35. The molecule has 0 aliphatic heterocycles. The highest BCUT2D eigenvalue weighted by Gasteiger charge is 2.21. The number of tetrazole rings is 1. The van der Waals surface area contributed by atoms with E-state index in [0.29, 0.717) is 24.4 Å². The molecule has 5 rings (SSSR count). The van der Waals surface area contributed by atoms with Crippen LogP contribution < -0.4 is 0 Å². The highest BCUT2D eigenvalue weighted by atomic mass is 16.6. The highest BCUT2D eigenvalue weighted by Crippen LogP contribution is 2.32. The van der Waals surface area contributed by atoms with Crippen molar-refractivity contribution in [2.45, 2.75) is 38.6 Å². The van der Waals surface area contributed by atoms with Crippen molar-refractivity contribution in [3.63, 3.8) is 0 Å². The third-order valence-electron chi connectivity index (χ3n) is 5.90. The number of fused-ring (bicyclic) bond motifs is 3. The molecule has 0 atom stereocenters. The van der Waals surface area contributed by atoms with Gasteiger partial charge in [0.1, 0.15) is 0 Å². The van der Waals surface area contributed by atoms with Crippen molar-refractivity contribution >= 4 is 22.5 Å². The van der Waals surface area contributed by atoms with Gasteiger partial charge in [-0.15, -0.1) is 5.10 Å². The summed E-state index contributed by atoms with van der Waals surface area (Å²) in [5, 5.41) is 23.8. The predicted molar refractivity (Wildman–Crippen MR) is 113 cm³/mol. The first kappa shape index (κ1) is 19.1. The molecule has 0 unspecified atom stereocenters. The number of rotatable bonds is 5. The Balaban J connectivity index is 1.42. The molecule has 2 aromatic carbocycles. The number of hydrogen-bond acceptors (Lipinski definition) is 6. The number of nitro benzene ring substituents is 1. The minimum atomic E-state index is -0.501. The van der Waals surface area contributed by atoms with Gasteiger partial charge in [0.15, 0.2) is 5.82 Å². The maximum absolute atomic E-state index is 12.9. The minimum Gasteiger partial charge on any atom is -0.344 e. The topological polar surface area (TPSA) is 109 Å². The Kier molecular flexibility index (Phi) is 4.78. The van der Waals surface area contributed by atoms with Crippen molar-refractivity contribution in [1.29, 1.82) is 0 Å². The van der Waals surface area contributed by atoms with Crippen molar-refractivity contribution < 1.29 is 9.72 Å². The molecule has 2 aromatic heterocycles. The second-order valence-corrected chi connectivity index (χ2v) is 7.67. The van der Waals surface area contributed by atoms with Gasteiger partial charge in [-0.1, -0.05) is 18.2 Å². The normalized spacial score (nSPS) is 13.3. The van der Waals surface area contributed by atoms with Crippen LogP contribution in [0.5, 0.6) is 0 Å². The van der Waals surface area contributed by atoms with Crippen LogP contribution in [-0.2, 0) is 25.8 Å². The van der Waals surface area contributed by atoms with Gasteiger partial charge in [-0.25, -0.2) is 0 Å². The molecule has 0 bridgehead atoms. The van der Waals surface area contributed by atoms with Gasteiger partial charge in [0.25, 0.3) is 11.6 Å². The first-order valence-corrected chi connectivity index (χ1v) is 10.3. The Morgan fingerprint density at radius 1 is 1.06 bits per heavy atom. The van der Waals surface area contributed by atoms with Crippen LogP contribution in [0.1, 0.15) is 40.3 Å². The van der Waals surface area contributed by atoms with E-state index in [1.165, 1.54) is 63.9 Å². The van der Waals surface area contributed by atoms with E-state index in [1.54, 1.807) is 0 Å². The van der Waals surface area contributed by atoms with Crippen LogP contribution in [0.3, 0.4) is 0 Å². The summed E-state index contributed by atoms with van der Waals surface area (Å²) in [6.07, 6.45) is 5.04. The molecule has 31 heavy (non-hydrogen) atoms.